The number of alkyl halides is 3. The third kappa shape index (κ3) is 3.12. The maximum atomic E-state index is 13.0. The van der Waals surface area contributed by atoms with Gasteiger partial charge in [0.15, 0.2) is 11.5 Å². The Morgan fingerprint density at radius 3 is 2.68 bits per heavy atom. The van der Waals surface area contributed by atoms with Crippen LogP contribution in [0.1, 0.15) is 5.69 Å². The maximum absolute atomic E-state index is 13.0. The Bertz CT molecular complexity index is 1020. The molecule has 126 valence electrons. The molecular weight excluding hydrogens is 337 g/mol. The van der Waals surface area contributed by atoms with E-state index in [4.69, 9.17) is 6.42 Å². The molecule has 25 heavy (non-hydrogen) atoms. The van der Waals surface area contributed by atoms with Gasteiger partial charge in [0.05, 0.1) is 11.9 Å². The Morgan fingerprint density at radius 1 is 1.24 bits per heavy atom. The van der Waals surface area contributed by atoms with E-state index in [1.165, 1.54) is 24.4 Å². The van der Waals surface area contributed by atoms with Gasteiger partial charge in [0, 0.05) is 6.20 Å². The van der Waals surface area contributed by atoms with Crippen LogP contribution in [0.25, 0.3) is 16.9 Å². The molecule has 7 nitrogen and oxygen atoms in total. The normalized spacial score (nSPS) is 11.3. The van der Waals surface area contributed by atoms with Gasteiger partial charge in [0.25, 0.3) is 0 Å². The Hall–Kier alpha value is -3.48. The fourth-order valence-corrected chi connectivity index (χ4v) is 2.15. The SMILES string of the molecule is C#CCNc1nc(=O)n(-c2cccnn2)c2nc(C(F)(F)F)ccc12. The lowest BCUT2D eigenvalue weighted by molar-refractivity contribution is -0.141. The summed E-state index contributed by atoms with van der Waals surface area (Å²) in [7, 11) is 0. The second-order valence-electron chi connectivity index (χ2n) is 4.78. The molecule has 0 saturated heterocycles. The van der Waals surface area contributed by atoms with Crippen molar-refractivity contribution < 1.29 is 13.2 Å². The van der Waals surface area contributed by atoms with Crippen LogP contribution in [0.2, 0.25) is 0 Å². The molecule has 0 saturated carbocycles. The molecule has 0 aliphatic heterocycles. The quantitative estimate of drug-likeness (QED) is 0.726. The van der Waals surface area contributed by atoms with Crippen molar-refractivity contribution in [3.05, 3.63) is 46.6 Å². The standard InChI is InChI=1S/C15H9F3N6O/c1-2-7-19-12-9-5-6-10(15(16,17)18)21-13(9)24(14(25)22-12)11-4-3-8-20-23-11/h1,3-6,8H,7H2,(H,19,22,25). The van der Waals surface area contributed by atoms with E-state index in [2.05, 4.69) is 31.4 Å². The molecule has 3 heterocycles. The molecular formula is C15H9F3N6O. The van der Waals surface area contributed by atoms with Gasteiger partial charge in [-0.1, -0.05) is 5.92 Å². The third-order valence-corrected chi connectivity index (χ3v) is 3.18. The number of halogens is 3. The lowest BCUT2D eigenvalue weighted by Gasteiger charge is -2.13. The smallest absolute Gasteiger partial charge is 0.358 e. The van der Waals surface area contributed by atoms with Crippen LogP contribution in [0.15, 0.2) is 35.3 Å². The highest BCUT2D eigenvalue weighted by molar-refractivity contribution is 5.87. The van der Waals surface area contributed by atoms with Gasteiger partial charge < -0.3 is 5.32 Å². The molecule has 3 aromatic heterocycles. The first-order valence-electron chi connectivity index (χ1n) is 6.88. The first kappa shape index (κ1) is 16.4. The number of pyridine rings is 1. The minimum atomic E-state index is -4.67. The highest BCUT2D eigenvalue weighted by atomic mass is 19.4. The summed E-state index contributed by atoms with van der Waals surface area (Å²) >= 11 is 0. The number of rotatable bonds is 3. The summed E-state index contributed by atoms with van der Waals surface area (Å²) in [5.41, 5.74) is -2.26. The third-order valence-electron chi connectivity index (χ3n) is 3.18. The molecule has 0 amide bonds. The molecule has 0 aliphatic carbocycles. The van der Waals surface area contributed by atoms with Gasteiger partial charge in [-0.15, -0.1) is 11.5 Å². The van der Waals surface area contributed by atoms with E-state index in [1.54, 1.807) is 0 Å². The number of nitrogens with one attached hydrogen (secondary N) is 1. The zero-order valence-corrected chi connectivity index (χ0v) is 12.4. The average Bonchev–Trinajstić information content (AvgIpc) is 2.59. The van der Waals surface area contributed by atoms with Gasteiger partial charge in [0.1, 0.15) is 11.5 Å². The van der Waals surface area contributed by atoms with E-state index < -0.39 is 17.6 Å². The molecule has 1 N–H and O–H groups in total. The summed E-state index contributed by atoms with van der Waals surface area (Å²) in [6.07, 6.45) is 1.84. The van der Waals surface area contributed by atoms with Gasteiger partial charge in [-0.25, -0.2) is 14.3 Å². The van der Waals surface area contributed by atoms with Crippen molar-refractivity contribution in [2.45, 2.75) is 6.18 Å². The topological polar surface area (TPSA) is 85.6 Å². The predicted octanol–water partition coefficient (Wildman–Crippen LogP) is 1.63. The number of terminal acetylenes is 1. The first-order chi connectivity index (χ1) is 11.9. The number of hydrogen-bond acceptors (Lipinski definition) is 6. The maximum Gasteiger partial charge on any atom is 0.433 e. The monoisotopic (exact) mass is 346 g/mol. The van der Waals surface area contributed by atoms with E-state index in [1.807, 2.05) is 0 Å². The number of hydrogen-bond donors (Lipinski definition) is 1. The van der Waals surface area contributed by atoms with Crippen molar-refractivity contribution in [3.8, 4) is 18.2 Å². The molecule has 0 aliphatic rings. The highest BCUT2D eigenvalue weighted by Gasteiger charge is 2.33. The highest BCUT2D eigenvalue weighted by Crippen LogP contribution is 2.30. The van der Waals surface area contributed by atoms with Crippen molar-refractivity contribution in [2.75, 3.05) is 11.9 Å². The Kier molecular flexibility index (Phi) is 4.06. The Morgan fingerprint density at radius 2 is 2.04 bits per heavy atom. The van der Waals surface area contributed by atoms with Crippen LogP contribution in [0, 0.1) is 12.3 Å². The fraction of sp³-hybridized carbons (Fsp3) is 0.133. The van der Waals surface area contributed by atoms with E-state index in [-0.39, 0.29) is 29.2 Å². The van der Waals surface area contributed by atoms with Crippen LogP contribution in [-0.2, 0) is 6.18 Å². The van der Waals surface area contributed by atoms with Gasteiger partial charge >= 0.3 is 11.9 Å². The van der Waals surface area contributed by atoms with Crippen molar-refractivity contribution in [2.24, 2.45) is 0 Å². The fourth-order valence-electron chi connectivity index (χ4n) is 2.15. The van der Waals surface area contributed by atoms with Gasteiger partial charge in [-0.05, 0) is 24.3 Å². The van der Waals surface area contributed by atoms with E-state index in [0.717, 1.165) is 10.6 Å². The average molecular weight is 346 g/mol. The predicted molar refractivity (Wildman–Crippen MR) is 83.0 cm³/mol. The second-order valence-corrected chi connectivity index (χ2v) is 4.78. The van der Waals surface area contributed by atoms with Gasteiger partial charge in [0.2, 0.25) is 0 Å². The van der Waals surface area contributed by atoms with Crippen LogP contribution in [0.4, 0.5) is 19.0 Å². The van der Waals surface area contributed by atoms with Crippen LogP contribution in [-0.4, -0.2) is 31.3 Å². The van der Waals surface area contributed by atoms with Crippen molar-refractivity contribution in [3.63, 3.8) is 0 Å². The second kappa shape index (κ2) is 6.20. The number of aromatic nitrogens is 5. The summed E-state index contributed by atoms with van der Waals surface area (Å²) in [6, 6.07) is 4.87. The molecule has 3 aromatic rings. The molecule has 10 heteroatoms. The van der Waals surface area contributed by atoms with Crippen LogP contribution in [0.5, 0.6) is 0 Å². The molecule has 0 atom stereocenters. The summed E-state index contributed by atoms with van der Waals surface area (Å²) in [6.45, 7) is 0.0394. The molecule has 0 bridgehead atoms. The van der Waals surface area contributed by atoms with Crippen molar-refractivity contribution in [1.29, 1.82) is 0 Å². The lowest BCUT2D eigenvalue weighted by Crippen LogP contribution is -2.26. The first-order valence-corrected chi connectivity index (χ1v) is 6.88. The summed E-state index contributed by atoms with van der Waals surface area (Å²) in [5, 5.41) is 10.3. The van der Waals surface area contributed by atoms with Gasteiger partial charge in [-0.2, -0.15) is 23.3 Å². The summed E-state index contributed by atoms with van der Waals surface area (Å²) < 4.78 is 39.9. The number of fused-ring (bicyclic) bond motifs is 1. The lowest BCUT2D eigenvalue weighted by atomic mass is 10.2. The largest absolute Gasteiger partial charge is 0.433 e. The zero-order chi connectivity index (χ0) is 18.0. The summed E-state index contributed by atoms with van der Waals surface area (Å²) in [4.78, 5) is 19.8. The minimum absolute atomic E-state index is 0.000300. The number of nitrogens with zero attached hydrogens (tertiary/aromatic N) is 5. The van der Waals surface area contributed by atoms with E-state index in [0.29, 0.717) is 0 Å². The summed E-state index contributed by atoms with van der Waals surface area (Å²) in [5.74, 6) is 2.34. The molecule has 0 unspecified atom stereocenters. The van der Waals surface area contributed by atoms with E-state index in [9.17, 15) is 18.0 Å². The van der Waals surface area contributed by atoms with Crippen LogP contribution < -0.4 is 11.0 Å². The number of anilines is 1. The van der Waals surface area contributed by atoms with Gasteiger partial charge in [-0.3, -0.25) is 0 Å². The zero-order valence-electron chi connectivity index (χ0n) is 12.4. The molecule has 0 radical (unpaired) electrons. The van der Waals surface area contributed by atoms with Crippen molar-refractivity contribution >= 4 is 16.9 Å². The molecule has 3 rings (SSSR count). The molecule has 0 spiro atoms. The van der Waals surface area contributed by atoms with Crippen LogP contribution in [0.3, 0.4) is 0 Å². The minimum Gasteiger partial charge on any atom is -0.358 e. The Labute approximate surface area is 138 Å². The van der Waals surface area contributed by atoms with Crippen molar-refractivity contribution in [1.82, 2.24) is 24.7 Å². The molecule has 0 aromatic carbocycles. The Balaban J connectivity index is 2.36. The van der Waals surface area contributed by atoms with Crippen LogP contribution >= 0.6 is 0 Å². The molecule has 0 fully saturated rings. The van der Waals surface area contributed by atoms with E-state index >= 15 is 0 Å².